The van der Waals surface area contributed by atoms with E-state index < -0.39 is 0 Å². The van der Waals surface area contributed by atoms with Crippen LogP contribution in [0.3, 0.4) is 0 Å². The molecule has 1 aromatic rings. The van der Waals surface area contributed by atoms with Gasteiger partial charge in [0, 0.05) is 18.8 Å². The van der Waals surface area contributed by atoms with Crippen LogP contribution < -0.4 is 5.56 Å². The van der Waals surface area contributed by atoms with E-state index in [1.165, 1.54) is 0 Å². The second kappa shape index (κ2) is 5.83. The van der Waals surface area contributed by atoms with Crippen LogP contribution in [0.4, 0.5) is 0 Å². The number of aryl methyl sites for hydroxylation is 1. The fraction of sp³-hybridized carbons (Fsp3) is 0.571. The molecule has 18 heavy (non-hydrogen) atoms. The predicted molar refractivity (Wildman–Crippen MR) is 68.4 cm³/mol. The average Bonchev–Trinajstić information content (AvgIpc) is 2.86. The molecular weight excluding hydrogens is 228 g/mol. The molecule has 4 nitrogen and oxygen atoms in total. The van der Waals surface area contributed by atoms with Crippen LogP contribution in [0.5, 0.6) is 0 Å². The predicted octanol–water partition coefficient (Wildman–Crippen LogP) is 1.99. The molecule has 96 valence electrons. The van der Waals surface area contributed by atoms with E-state index in [0.29, 0.717) is 12.6 Å². The Kier molecular flexibility index (Phi) is 4.16. The van der Waals surface area contributed by atoms with E-state index in [2.05, 4.69) is 0 Å². The average molecular weight is 246 g/mol. The monoisotopic (exact) mass is 246 g/mol. The summed E-state index contributed by atoms with van der Waals surface area (Å²) in [6, 6.07) is 5.35. The van der Waals surface area contributed by atoms with E-state index in [1.807, 2.05) is 19.1 Å². The van der Waals surface area contributed by atoms with Crippen molar-refractivity contribution in [3.63, 3.8) is 0 Å². The number of hydrogen-bond donors (Lipinski definition) is 0. The van der Waals surface area contributed by atoms with Gasteiger partial charge in [-0.05, 0) is 44.7 Å². The van der Waals surface area contributed by atoms with Gasteiger partial charge in [0.1, 0.15) is 11.6 Å². The Morgan fingerprint density at radius 1 is 1.56 bits per heavy atom. The third kappa shape index (κ3) is 2.80. The molecule has 1 fully saturated rings. The molecule has 0 aliphatic carbocycles. The SMILES string of the molecule is Cc1ccc(C#N)c(=O)n1CCCC1CCCO1. The lowest BCUT2D eigenvalue weighted by Crippen LogP contribution is -2.24. The number of rotatable bonds is 4. The van der Waals surface area contributed by atoms with Crippen molar-refractivity contribution in [2.75, 3.05) is 6.61 Å². The summed E-state index contributed by atoms with van der Waals surface area (Å²) in [5.74, 6) is 0. The summed E-state index contributed by atoms with van der Waals surface area (Å²) in [5.41, 5.74) is 0.953. The van der Waals surface area contributed by atoms with Gasteiger partial charge in [0.15, 0.2) is 0 Å². The Hall–Kier alpha value is -1.60. The minimum atomic E-state index is -0.176. The molecule has 2 rings (SSSR count). The number of aromatic nitrogens is 1. The van der Waals surface area contributed by atoms with Crippen molar-refractivity contribution in [1.82, 2.24) is 4.57 Å². The number of hydrogen-bond acceptors (Lipinski definition) is 3. The molecule has 1 aliphatic rings. The Labute approximate surface area is 107 Å². The lowest BCUT2D eigenvalue weighted by molar-refractivity contribution is 0.101. The third-order valence-corrected chi connectivity index (χ3v) is 3.44. The van der Waals surface area contributed by atoms with Crippen LogP contribution in [0.1, 0.15) is 36.9 Å². The second-order valence-electron chi connectivity index (χ2n) is 4.73. The maximum Gasteiger partial charge on any atom is 0.268 e. The van der Waals surface area contributed by atoms with Crippen molar-refractivity contribution in [2.45, 2.75) is 45.3 Å². The molecule has 1 saturated heterocycles. The van der Waals surface area contributed by atoms with Gasteiger partial charge in [-0.2, -0.15) is 5.26 Å². The maximum absolute atomic E-state index is 12.0. The Bertz CT molecular complexity index is 508. The van der Waals surface area contributed by atoms with Crippen molar-refractivity contribution >= 4 is 0 Å². The third-order valence-electron chi connectivity index (χ3n) is 3.44. The fourth-order valence-electron chi connectivity index (χ4n) is 2.38. The van der Waals surface area contributed by atoms with E-state index in [4.69, 9.17) is 10.00 Å². The van der Waals surface area contributed by atoms with Crippen LogP contribution in [-0.2, 0) is 11.3 Å². The molecule has 0 bridgehead atoms. The van der Waals surface area contributed by atoms with Crippen molar-refractivity contribution in [1.29, 1.82) is 5.26 Å². The normalized spacial score (nSPS) is 18.8. The molecule has 0 N–H and O–H groups in total. The van der Waals surface area contributed by atoms with Crippen molar-refractivity contribution in [3.8, 4) is 6.07 Å². The summed E-state index contributed by atoms with van der Waals surface area (Å²) in [5, 5.41) is 8.85. The molecule has 1 aliphatic heterocycles. The fourth-order valence-corrected chi connectivity index (χ4v) is 2.38. The zero-order valence-electron chi connectivity index (χ0n) is 10.7. The first-order chi connectivity index (χ1) is 8.72. The molecule has 4 heteroatoms. The molecule has 0 amide bonds. The largest absolute Gasteiger partial charge is 0.378 e. The van der Waals surface area contributed by atoms with E-state index in [-0.39, 0.29) is 11.1 Å². The Balaban J connectivity index is 2.00. The van der Waals surface area contributed by atoms with E-state index >= 15 is 0 Å². The first-order valence-corrected chi connectivity index (χ1v) is 6.44. The molecule has 0 saturated carbocycles. The second-order valence-corrected chi connectivity index (χ2v) is 4.73. The minimum Gasteiger partial charge on any atom is -0.378 e. The molecule has 2 heterocycles. The quantitative estimate of drug-likeness (QED) is 0.816. The van der Waals surface area contributed by atoms with Crippen molar-refractivity contribution in [2.24, 2.45) is 0 Å². The van der Waals surface area contributed by atoms with Gasteiger partial charge < -0.3 is 9.30 Å². The van der Waals surface area contributed by atoms with Crippen LogP contribution in [0.15, 0.2) is 16.9 Å². The number of pyridine rings is 1. The van der Waals surface area contributed by atoms with Gasteiger partial charge in [0.25, 0.3) is 5.56 Å². The summed E-state index contributed by atoms with van der Waals surface area (Å²) in [6.07, 6.45) is 4.54. The molecule has 0 aromatic carbocycles. The summed E-state index contributed by atoms with van der Waals surface area (Å²) in [4.78, 5) is 12.0. The lowest BCUT2D eigenvalue weighted by atomic mass is 10.1. The first kappa shape index (κ1) is 12.8. The van der Waals surface area contributed by atoms with Gasteiger partial charge in [-0.3, -0.25) is 4.79 Å². The summed E-state index contributed by atoms with van der Waals surface area (Å²) in [6.45, 7) is 3.43. The van der Waals surface area contributed by atoms with Gasteiger partial charge in [0.2, 0.25) is 0 Å². The highest BCUT2D eigenvalue weighted by Crippen LogP contribution is 2.17. The van der Waals surface area contributed by atoms with Crippen LogP contribution in [-0.4, -0.2) is 17.3 Å². The van der Waals surface area contributed by atoms with Gasteiger partial charge >= 0.3 is 0 Å². The topological polar surface area (TPSA) is 55.0 Å². The van der Waals surface area contributed by atoms with Crippen LogP contribution in [0.25, 0.3) is 0 Å². The van der Waals surface area contributed by atoms with E-state index in [0.717, 1.165) is 38.0 Å². The standard InChI is InChI=1S/C14H18N2O2/c1-11-6-7-12(10-15)14(17)16(11)8-2-4-13-5-3-9-18-13/h6-7,13H,2-5,8-9H2,1H3. The highest BCUT2D eigenvalue weighted by Gasteiger charge is 2.15. The zero-order chi connectivity index (χ0) is 13.0. The van der Waals surface area contributed by atoms with Crippen LogP contribution in [0.2, 0.25) is 0 Å². The molecule has 0 radical (unpaired) electrons. The van der Waals surface area contributed by atoms with Gasteiger partial charge in [-0.25, -0.2) is 0 Å². The first-order valence-electron chi connectivity index (χ1n) is 6.44. The molecule has 1 aromatic heterocycles. The van der Waals surface area contributed by atoms with Crippen LogP contribution in [0, 0.1) is 18.3 Å². The van der Waals surface area contributed by atoms with Gasteiger partial charge in [-0.15, -0.1) is 0 Å². The van der Waals surface area contributed by atoms with Crippen molar-refractivity contribution in [3.05, 3.63) is 33.7 Å². The smallest absolute Gasteiger partial charge is 0.268 e. The van der Waals surface area contributed by atoms with Gasteiger partial charge in [0.05, 0.1) is 6.10 Å². The maximum atomic E-state index is 12.0. The Morgan fingerprint density at radius 2 is 2.39 bits per heavy atom. The molecule has 0 spiro atoms. The molecule has 1 atom stereocenters. The molecular formula is C14H18N2O2. The van der Waals surface area contributed by atoms with Crippen molar-refractivity contribution < 1.29 is 4.74 Å². The van der Waals surface area contributed by atoms with E-state index in [1.54, 1.807) is 10.6 Å². The van der Waals surface area contributed by atoms with Crippen LogP contribution >= 0.6 is 0 Å². The summed E-state index contributed by atoms with van der Waals surface area (Å²) in [7, 11) is 0. The number of nitriles is 1. The summed E-state index contributed by atoms with van der Waals surface area (Å²) >= 11 is 0. The Morgan fingerprint density at radius 3 is 3.06 bits per heavy atom. The van der Waals surface area contributed by atoms with E-state index in [9.17, 15) is 4.79 Å². The zero-order valence-corrected chi connectivity index (χ0v) is 10.7. The minimum absolute atomic E-state index is 0.176. The molecule has 1 unspecified atom stereocenters. The number of ether oxygens (including phenoxy) is 1. The number of nitrogens with zero attached hydrogens (tertiary/aromatic N) is 2. The summed E-state index contributed by atoms with van der Waals surface area (Å²) < 4.78 is 7.24. The highest BCUT2D eigenvalue weighted by molar-refractivity contribution is 5.27. The lowest BCUT2D eigenvalue weighted by Gasteiger charge is -2.12. The van der Waals surface area contributed by atoms with Gasteiger partial charge in [-0.1, -0.05) is 0 Å². The highest BCUT2D eigenvalue weighted by atomic mass is 16.5.